The Hall–Kier alpha value is -0.0800. The van der Waals surface area contributed by atoms with Crippen LogP contribution < -0.4 is 5.73 Å². The first-order chi connectivity index (χ1) is 8.68. The van der Waals surface area contributed by atoms with Gasteiger partial charge in [0, 0.05) is 6.54 Å². The Bertz CT molecular complexity index is 259. The van der Waals surface area contributed by atoms with Crippen LogP contribution in [0, 0.1) is 17.3 Å². The highest BCUT2D eigenvalue weighted by Gasteiger charge is 2.39. The van der Waals surface area contributed by atoms with Crippen molar-refractivity contribution in [1.82, 2.24) is 0 Å². The van der Waals surface area contributed by atoms with Crippen LogP contribution in [0.2, 0.25) is 0 Å². The van der Waals surface area contributed by atoms with Crippen LogP contribution in [-0.2, 0) is 4.74 Å². The van der Waals surface area contributed by atoms with Gasteiger partial charge in [0.25, 0.3) is 0 Å². The molecule has 2 heteroatoms. The predicted octanol–water partition coefficient (Wildman–Crippen LogP) is 4.37. The van der Waals surface area contributed by atoms with Crippen molar-refractivity contribution in [2.45, 2.75) is 85.4 Å². The summed E-state index contributed by atoms with van der Waals surface area (Å²) in [7, 11) is 0. The highest BCUT2D eigenvalue weighted by molar-refractivity contribution is 4.92. The van der Waals surface area contributed by atoms with Crippen LogP contribution in [0.5, 0.6) is 0 Å². The molecule has 1 fully saturated rings. The van der Waals surface area contributed by atoms with E-state index in [1.807, 2.05) is 0 Å². The van der Waals surface area contributed by atoms with Crippen molar-refractivity contribution in [3.05, 3.63) is 0 Å². The van der Waals surface area contributed by atoms with E-state index in [4.69, 9.17) is 10.5 Å². The van der Waals surface area contributed by atoms with E-state index in [1.165, 1.54) is 12.8 Å². The zero-order valence-corrected chi connectivity index (χ0v) is 14.0. The van der Waals surface area contributed by atoms with E-state index in [-0.39, 0.29) is 5.60 Å². The molecule has 0 bridgehead atoms. The third-order valence-electron chi connectivity index (χ3n) is 4.75. The Kier molecular flexibility index (Phi) is 5.88. The summed E-state index contributed by atoms with van der Waals surface area (Å²) in [6.07, 6.45) is 6.24. The van der Waals surface area contributed by atoms with Gasteiger partial charge in [0.1, 0.15) is 0 Å². The van der Waals surface area contributed by atoms with E-state index in [9.17, 15) is 0 Å². The molecular formula is C17H35NO. The average molecular weight is 269 g/mol. The molecule has 0 amide bonds. The molecule has 1 aliphatic carbocycles. The standard InChI is InChI=1S/C17H35NO/c1-13(2)11-14(3)19-17(12-18)9-7-15(8-10-17)16(4,5)6/h13-15H,7-12,18H2,1-6H3. The van der Waals surface area contributed by atoms with Crippen molar-refractivity contribution >= 4 is 0 Å². The molecule has 0 radical (unpaired) electrons. The number of nitrogens with two attached hydrogens (primary N) is 1. The highest BCUT2D eigenvalue weighted by atomic mass is 16.5. The maximum absolute atomic E-state index is 6.37. The summed E-state index contributed by atoms with van der Waals surface area (Å²) < 4.78 is 6.37. The minimum Gasteiger partial charge on any atom is -0.371 e. The molecular weight excluding hydrogens is 234 g/mol. The third kappa shape index (κ3) is 5.07. The van der Waals surface area contributed by atoms with E-state index in [1.54, 1.807) is 0 Å². The number of rotatable bonds is 5. The van der Waals surface area contributed by atoms with Gasteiger partial charge < -0.3 is 10.5 Å². The average Bonchev–Trinajstić information content (AvgIpc) is 2.27. The number of hydrogen-bond donors (Lipinski definition) is 1. The molecule has 0 saturated heterocycles. The summed E-state index contributed by atoms with van der Waals surface area (Å²) in [6, 6.07) is 0. The Morgan fingerprint density at radius 2 is 1.68 bits per heavy atom. The van der Waals surface area contributed by atoms with Crippen molar-refractivity contribution in [2.24, 2.45) is 23.0 Å². The van der Waals surface area contributed by atoms with Gasteiger partial charge in [0.15, 0.2) is 0 Å². The second-order valence-electron chi connectivity index (χ2n) is 8.09. The van der Waals surface area contributed by atoms with Crippen LogP contribution in [-0.4, -0.2) is 18.2 Å². The Balaban J connectivity index is 2.55. The lowest BCUT2D eigenvalue weighted by atomic mass is 9.68. The third-order valence-corrected chi connectivity index (χ3v) is 4.75. The van der Waals surface area contributed by atoms with Crippen molar-refractivity contribution in [2.75, 3.05) is 6.54 Å². The van der Waals surface area contributed by atoms with Gasteiger partial charge in [-0.3, -0.25) is 0 Å². The zero-order chi connectivity index (χ0) is 14.7. The summed E-state index contributed by atoms with van der Waals surface area (Å²) in [4.78, 5) is 0. The lowest BCUT2D eigenvalue weighted by molar-refractivity contribution is -0.118. The second kappa shape index (κ2) is 6.58. The fraction of sp³-hybridized carbons (Fsp3) is 1.00. The zero-order valence-electron chi connectivity index (χ0n) is 14.0. The normalized spacial score (nSPS) is 30.6. The van der Waals surface area contributed by atoms with Crippen LogP contribution in [0.3, 0.4) is 0 Å². The fourth-order valence-corrected chi connectivity index (χ4v) is 3.52. The molecule has 0 heterocycles. The van der Waals surface area contributed by atoms with E-state index >= 15 is 0 Å². The largest absolute Gasteiger partial charge is 0.371 e. The van der Waals surface area contributed by atoms with Crippen LogP contribution in [0.4, 0.5) is 0 Å². The van der Waals surface area contributed by atoms with Crippen molar-refractivity contribution in [3.8, 4) is 0 Å². The van der Waals surface area contributed by atoms with Crippen LogP contribution in [0.1, 0.15) is 73.6 Å². The topological polar surface area (TPSA) is 35.2 Å². The van der Waals surface area contributed by atoms with E-state index in [2.05, 4.69) is 41.5 Å². The second-order valence-corrected chi connectivity index (χ2v) is 8.09. The molecule has 2 nitrogen and oxygen atoms in total. The molecule has 0 aromatic heterocycles. The summed E-state index contributed by atoms with van der Waals surface area (Å²) in [5.41, 5.74) is 6.42. The molecule has 114 valence electrons. The first-order valence-electron chi connectivity index (χ1n) is 8.06. The molecule has 19 heavy (non-hydrogen) atoms. The molecule has 1 atom stereocenters. The molecule has 0 spiro atoms. The quantitative estimate of drug-likeness (QED) is 0.804. The first-order valence-corrected chi connectivity index (χ1v) is 8.06. The number of ether oxygens (including phenoxy) is 1. The lowest BCUT2D eigenvalue weighted by Gasteiger charge is -2.44. The van der Waals surface area contributed by atoms with Crippen LogP contribution >= 0.6 is 0 Å². The smallest absolute Gasteiger partial charge is 0.0807 e. The first kappa shape index (κ1) is 17.0. The molecule has 1 saturated carbocycles. The van der Waals surface area contributed by atoms with Gasteiger partial charge in [-0.1, -0.05) is 34.6 Å². The van der Waals surface area contributed by atoms with Gasteiger partial charge in [-0.25, -0.2) is 0 Å². The van der Waals surface area contributed by atoms with E-state index in [0.717, 1.165) is 25.2 Å². The van der Waals surface area contributed by atoms with Crippen molar-refractivity contribution in [1.29, 1.82) is 0 Å². The molecule has 1 unspecified atom stereocenters. The maximum atomic E-state index is 6.37. The molecule has 2 N–H and O–H groups in total. The van der Waals surface area contributed by atoms with Gasteiger partial charge in [0.05, 0.1) is 11.7 Å². The molecule has 1 aliphatic rings. The highest BCUT2D eigenvalue weighted by Crippen LogP contribution is 2.43. The minimum absolute atomic E-state index is 0.0456. The summed E-state index contributed by atoms with van der Waals surface area (Å²) in [5.74, 6) is 1.51. The van der Waals surface area contributed by atoms with Crippen molar-refractivity contribution < 1.29 is 4.74 Å². The van der Waals surface area contributed by atoms with Crippen LogP contribution in [0.25, 0.3) is 0 Å². The predicted molar refractivity (Wildman–Crippen MR) is 83.2 cm³/mol. The van der Waals surface area contributed by atoms with Gasteiger partial charge in [0.2, 0.25) is 0 Å². The summed E-state index contributed by atoms with van der Waals surface area (Å²) in [6.45, 7) is 14.5. The Morgan fingerprint density at radius 1 is 1.16 bits per heavy atom. The van der Waals surface area contributed by atoms with E-state index in [0.29, 0.717) is 24.0 Å². The summed E-state index contributed by atoms with van der Waals surface area (Å²) in [5, 5.41) is 0. The minimum atomic E-state index is -0.0456. The Labute approximate surface area is 120 Å². The molecule has 0 aliphatic heterocycles. The van der Waals surface area contributed by atoms with Gasteiger partial charge in [-0.2, -0.15) is 0 Å². The molecule has 0 aromatic carbocycles. The number of hydrogen-bond acceptors (Lipinski definition) is 2. The van der Waals surface area contributed by atoms with Gasteiger partial charge >= 0.3 is 0 Å². The van der Waals surface area contributed by atoms with Crippen molar-refractivity contribution in [3.63, 3.8) is 0 Å². The molecule has 1 rings (SSSR count). The Morgan fingerprint density at radius 3 is 2.05 bits per heavy atom. The SMILES string of the molecule is CC(C)CC(C)OC1(CN)CCC(C(C)(C)C)CC1. The molecule has 0 aromatic rings. The fourth-order valence-electron chi connectivity index (χ4n) is 3.52. The van der Waals surface area contributed by atoms with E-state index < -0.39 is 0 Å². The maximum Gasteiger partial charge on any atom is 0.0807 e. The van der Waals surface area contributed by atoms with Crippen LogP contribution in [0.15, 0.2) is 0 Å². The monoisotopic (exact) mass is 269 g/mol. The van der Waals surface area contributed by atoms with Gasteiger partial charge in [-0.15, -0.1) is 0 Å². The summed E-state index contributed by atoms with van der Waals surface area (Å²) >= 11 is 0. The lowest BCUT2D eigenvalue weighted by Crippen LogP contribution is -2.47. The van der Waals surface area contributed by atoms with Gasteiger partial charge in [-0.05, 0) is 56.3 Å².